The third kappa shape index (κ3) is 5.17. The first kappa shape index (κ1) is 23.1. The molecule has 1 saturated heterocycles. The van der Waals surface area contributed by atoms with Crippen LogP contribution in [-0.4, -0.2) is 42.5 Å². The number of fused-ring (bicyclic) bond motifs is 1. The number of carbonyl (C=O) groups excluding carboxylic acids is 2. The van der Waals surface area contributed by atoms with Crippen LogP contribution in [0.4, 0.5) is 0 Å². The lowest BCUT2D eigenvalue weighted by atomic mass is 9.83. The van der Waals surface area contributed by atoms with E-state index in [-0.39, 0.29) is 24.3 Å². The van der Waals surface area contributed by atoms with E-state index in [0.29, 0.717) is 30.9 Å². The van der Waals surface area contributed by atoms with Crippen molar-refractivity contribution in [3.8, 4) is 0 Å². The highest BCUT2D eigenvalue weighted by Gasteiger charge is 2.35. The van der Waals surface area contributed by atoms with Crippen LogP contribution in [0, 0.1) is 5.92 Å². The maximum Gasteiger partial charge on any atom is 0.305 e. The summed E-state index contributed by atoms with van der Waals surface area (Å²) in [4.78, 5) is 26.7. The molecule has 0 aromatic heterocycles. The Labute approximate surface area is 186 Å². The summed E-state index contributed by atoms with van der Waals surface area (Å²) in [5.74, 6) is 1.35. The summed E-state index contributed by atoms with van der Waals surface area (Å²) in [6.45, 7) is 5.26. The molecule has 1 N–H and O–H groups in total. The van der Waals surface area contributed by atoms with Gasteiger partial charge in [0.1, 0.15) is 0 Å². The third-order valence-corrected chi connectivity index (χ3v) is 7.09. The third-order valence-electron chi connectivity index (χ3n) is 7.09. The summed E-state index contributed by atoms with van der Waals surface area (Å²) in [5.41, 5.74) is 3.53. The van der Waals surface area contributed by atoms with Crippen molar-refractivity contribution in [2.75, 3.05) is 19.7 Å². The minimum atomic E-state index is -0.0793. The molecule has 1 saturated carbocycles. The number of esters is 1. The van der Waals surface area contributed by atoms with Crippen LogP contribution in [0.2, 0.25) is 0 Å². The van der Waals surface area contributed by atoms with Crippen LogP contribution in [0.3, 0.4) is 0 Å². The largest absolute Gasteiger partial charge is 0.466 e. The molecule has 0 atom stereocenters. The van der Waals surface area contributed by atoms with Crippen LogP contribution in [0.15, 0.2) is 18.2 Å². The molecule has 0 unspecified atom stereocenters. The second-order valence-electron chi connectivity index (χ2n) is 8.89. The van der Waals surface area contributed by atoms with Crippen molar-refractivity contribution in [2.45, 2.75) is 76.8 Å². The lowest BCUT2D eigenvalue weighted by molar-refractivity contribution is -0.143. The van der Waals surface area contributed by atoms with Gasteiger partial charge in [0.05, 0.1) is 6.61 Å². The maximum absolute atomic E-state index is 13.0. The number of nitrogens with one attached hydrogen (secondary N) is 1. The Morgan fingerprint density at radius 1 is 1.13 bits per heavy atom. The smallest absolute Gasteiger partial charge is 0.305 e. The molecule has 1 aliphatic carbocycles. The van der Waals surface area contributed by atoms with Crippen LogP contribution >= 0.6 is 12.4 Å². The van der Waals surface area contributed by atoms with E-state index in [1.165, 1.54) is 24.0 Å². The normalized spacial score (nSPS) is 24.3. The average molecular weight is 435 g/mol. The van der Waals surface area contributed by atoms with Gasteiger partial charge in [-0.1, -0.05) is 12.1 Å². The number of amides is 1. The SMILES string of the molecule is CCOC(=O)CC[C@H]1CC[C@H](N2Cc3cc(C4CCNCC4)ccc3C2=O)CC1.Cl. The van der Waals surface area contributed by atoms with Crippen LogP contribution in [-0.2, 0) is 16.1 Å². The Hall–Kier alpha value is -1.59. The number of hydrogen-bond donors (Lipinski definition) is 1. The second-order valence-corrected chi connectivity index (χ2v) is 8.89. The van der Waals surface area contributed by atoms with Gasteiger partial charge < -0.3 is 15.0 Å². The molecule has 0 bridgehead atoms. The van der Waals surface area contributed by atoms with E-state index in [1.54, 1.807) is 0 Å². The fourth-order valence-electron chi connectivity index (χ4n) is 5.37. The summed E-state index contributed by atoms with van der Waals surface area (Å²) in [6.07, 6.45) is 8.12. The average Bonchev–Trinajstić information content (AvgIpc) is 3.09. The topological polar surface area (TPSA) is 58.6 Å². The van der Waals surface area contributed by atoms with E-state index in [4.69, 9.17) is 4.74 Å². The molecule has 0 spiro atoms. The summed E-state index contributed by atoms with van der Waals surface area (Å²) < 4.78 is 5.04. The molecule has 2 heterocycles. The lowest BCUT2D eigenvalue weighted by Gasteiger charge is -2.34. The molecule has 1 amide bonds. The Morgan fingerprint density at radius 2 is 1.87 bits per heavy atom. The molecule has 3 aliphatic rings. The maximum atomic E-state index is 13.0. The van der Waals surface area contributed by atoms with Gasteiger partial charge in [-0.25, -0.2) is 0 Å². The highest BCUT2D eigenvalue weighted by Crippen LogP contribution is 2.36. The number of ether oxygens (including phenoxy) is 1. The monoisotopic (exact) mass is 434 g/mol. The summed E-state index contributed by atoms with van der Waals surface area (Å²) in [5, 5.41) is 3.43. The van der Waals surface area contributed by atoms with E-state index in [9.17, 15) is 9.59 Å². The molecule has 1 aromatic carbocycles. The van der Waals surface area contributed by atoms with Crippen molar-refractivity contribution >= 4 is 24.3 Å². The zero-order valence-electron chi connectivity index (χ0n) is 18.0. The molecule has 6 heteroatoms. The van der Waals surface area contributed by atoms with Gasteiger partial charge >= 0.3 is 5.97 Å². The standard InChI is InChI=1S/C24H34N2O3.ClH/c1-2-29-23(27)10-5-17-3-7-21(8-4-17)26-16-20-15-19(6-9-22(20)24(26)28)18-11-13-25-14-12-18;/h6,9,15,17-18,21,25H,2-5,7-8,10-14,16H2,1H3;1H/t17-,21-;. The van der Waals surface area contributed by atoms with E-state index in [0.717, 1.165) is 57.3 Å². The van der Waals surface area contributed by atoms with Crippen molar-refractivity contribution in [2.24, 2.45) is 5.92 Å². The number of rotatable bonds is 6. The summed E-state index contributed by atoms with van der Waals surface area (Å²) in [6, 6.07) is 6.90. The predicted octanol–water partition coefficient (Wildman–Crippen LogP) is 4.43. The molecule has 1 aromatic rings. The molecule has 5 nitrogen and oxygen atoms in total. The number of nitrogens with zero attached hydrogens (tertiary/aromatic N) is 1. The first-order valence-electron chi connectivity index (χ1n) is 11.5. The zero-order valence-corrected chi connectivity index (χ0v) is 18.8. The van der Waals surface area contributed by atoms with Gasteiger partial charge in [0.15, 0.2) is 0 Å². The first-order chi connectivity index (χ1) is 14.2. The van der Waals surface area contributed by atoms with Crippen molar-refractivity contribution < 1.29 is 14.3 Å². The molecular formula is C24H35ClN2O3. The predicted molar refractivity (Wildman–Crippen MR) is 120 cm³/mol. The fraction of sp³-hybridized carbons (Fsp3) is 0.667. The lowest BCUT2D eigenvalue weighted by Crippen LogP contribution is -2.38. The first-order valence-corrected chi connectivity index (χ1v) is 11.5. The van der Waals surface area contributed by atoms with Gasteiger partial charge in [-0.15, -0.1) is 12.4 Å². The van der Waals surface area contributed by atoms with Crippen LogP contribution < -0.4 is 5.32 Å². The number of piperidine rings is 1. The molecule has 166 valence electrons. The van der Waals surface area contributed by atoms with Crippen LogP contribution in [0.1, 0.15) is 85.7 Å². The molecule has 2 aliphatic heterocycles. The van der Waals surface area contributed by atoms with Crippen molar-refractivity contribution in [1.82, 2.24) is 10.2 Å². The van der Waals surface area contributed by atoms with Crippen molar-refractivity contribution in [1.29, 1.82) is 0 Å². The van der Waals surface area contributed by atoms with Gasteiger partial charge in [0, 0.05) is 24.6 Å². The second kappa shape index (κ2) is 10.6. The minimum Gasteiger partial charge on any atom is -0.466 e. The van der Waals surface area contributed by atoms with Gasteiger partial charge in [-0.2, -0.15) is 0 Å². The Bertz CT molecular complexity index is 740. The Balaban J connectivity index is 0.00000256. The minimum absolute atomic E-state index is 0. The van der Waals surface area contributed by atoms with Gasteiger partial charge in [0.25, 0.3) is 5.91 Å². The Morgan fingerprint density at radius 3 is 2.57 bits per heavy atom. The van der Waals surface area contributed by atoms with Crippen LogP contribution in [0.25, 0.3) is 0 Å². The highest BCUT2D eigenvalue weighted by molar-refractivity contribution is 5.98. The molecule has 0 radical (unpaired) electrons. The number of hydrogen-bond acceptors (Lipinski definition) is 4. The van der Waals surface area contributed by atoms with Crippen molar-refractivity contribution in [3.05, 3.63) is 34.9 Å². The molecule has 4 rings (SSSR count). The van der Waals surface area contributed by atoms with E-state index >= 15 is 0 Å². The number of halogens is 1. The molecular weight excluding hydrogens is 400 g/mol. The van der Waals surface area contributed by atoms with Gasteiger partial charge in [-0.05, 0) is 94.0 Å². The zero-order chi connectivity index (χ0) is 20.2. The van der Waals surface area contributed by atoms with E-state index in [2.05, 4.69) is 28.4 Å². The molecule has 2 fully saturated rings. The number of benzene rings is 1. The van der Waals surface area contributed by atoms with Gasteiger partial charge in [-0.3, -0.25) is 9.59 Å². The van der Waals surface area contributed by atoms with E-state index in [1.807, 2.05) is 6.92 Å². The van der Waals surface area contributed by atoms with Crippen LogP contribution in [0.5, 0.6) is 0 Å². The molecule has 30 heavy (non-hydrogen) atoms. The Kier molecular flexibility index (Phi) is 8.18. The fourth-order valence-corrected chi connectivity index (χ4v) is 5.37. The summed E-state index contributed by atoms with van der Waals surface area (Å²) in [7, 11) is 0. The van der Waals surface area contributed by atoms with Gasteiger partial charge in [0.2, 0.25) is 0 Å². The quantitative estimate of drug-likeness (QED) is 0.672. The van der Waals surface area contributed by atoms with E-state index < -0.39 is 0 Å². The van der Waals surface area contributed by atoms with Crippen molar-refractivity contribution in [3.63, 3.8) is 0 Å². The number of carbonyl (C=O) groups is 2. The summed E-state index contributed by atoms with van der Waals surface area (Å²) >= 11 is 0. The highest BCUT2D eigenvalue weighted by atomic mass is 35.5.